The van der Waals surface area contributed by atoms with Crippen molar-refractivity contribution in [2.45, 2.75) is 39.5 Å². The van der Waals surface area contributed by atoms with Crippen LogP contribution < -0.4 is 0 Å². The highest BCUT2D eigenvalue weighted by atomic mass is 79.9. The second kappa shape index (κ2) is 5.45. The van der Waals surface area contributed by atoms with Crippen LogP contribution in [0, 0.1) is 0 Å². The molecule has 0 aliphatic heterocycles. The highest BCUT2D eigenvalue weighted by molar-refractivity contribution is 9.10. The van der Waals surface area contributed by atoms with Crippen LogP contribution >= 0.6 is 15.9 Å². The zero-order valence-electron chi connectivity index (χ0n) is 9.51. The summed E-state index contributed by atoms with van der Waals surface area (Å²) in [4.78, 5) is 11.2. The summed E-state index contributed by atoms with van der Waals surface area (Å²) in [5.41, 5.74) is 2.08. The van der Waals surface area contributed by atoms with E-state index in [1.165, 1.54) is 5.56 Å². The van der Waals surface area contributed by atoms with Gasteiger partial charge < -0.3 is 0 Å². The Kier molecular flexibility index (Phi) is 4.52. The normalized spacial score (nSPS) is 10.7. The molecule has 0 saturated heterocycles. The van der Waals surface area contributed by atoms with E-state index in [2.05, 4.69) is 35.8 Å². The molecule has 0 N–H and O–H groups in total. The van der Waals surface area contributed by atoms with Gasteiger partial charge in [0, 0.05) is 10.0 Å². The van der Waals surface area contributed by atoms with E-state index in [4.69, 9.17) is 0 Å². The Morgan fingerprint density at radius 2 is 1.93 bits per heavy atom. The van der Waals surface area contributed by atoms with Crippen LogP contribution in [-0.2, 0) is 0 Å². The third kappa shape index (κ3) is 2.91. The van der Waals surface area contributed by atoms with Gasteiger partial charge in [-0.1, -0.05) is 41.9 Å². The van der Waals surface area contributed by atoms with Gasteiger partial charge in [0.05, 0.1) is 0 Å². The molecule has 0 aromatic heterocycles. The fourth-order valence-corrected chi connectivity index (χ4v) is 2.51. The van der Waals surface area contributed by atoms with E-state index in [1.54, 1.807) is 6.92 Å². The molecule has 0 atom stereocenters. The average molecular weight is 269 g/mol. The predicted octanol–water partition coefficient (Wildman–Crippen LogP) is 4.56. The molecule has 0 spiro atoms. The number of carbonyl (C=O) groups is 1. The molecule has 0 aliphatic carbocycles. The highest BCUT2D eigenvalue weighted by Gasteiger charge is 2.11. The van der Waals surface area contributed by atoms with Crippen molar-refractivity contribution in [2.75, 3.05) is 0 Å². The van der Waals surface area contributed by atoms with Crippen LogP contribution in [0.4, 0.5) is 0 Å². The number of ketones is 1. The molecule has 0 heterocycles. The van der Waals surface area contributed by atoms with Crippen molar-refractivity contribution < 1.29 is 4.79 Å². The summed E-state index contributed by atoms with van der Waals surface area (Å²) in [6.07, 6.45) is 2.27. The van der Waals surface area contributed by atoms with E-state index >= 15 is 0 Å². The van der Waals surface area contributed by atoms with Crippen molar-refractivity contribution in [2.24, 2.45) is 0 Å². The molecular formula is C13H17BrO. The van der Waals surface area contributed by atoms with Crippen LogP contribution in [0.1, 0.15) is 55.5 Å². The minimum atomic E-state index is 0.117. The Balaban J connectivity index is 3.07. The van der Waals surface area contributed by atoms with Crippen molar-refractivity contribution >= 4 is 21.7 Å². The Bertz CT molecular complexity index is 354. The van der Waals surface area contributed by atoms with Crippen LogP contribution in [0.25, 0.3) is 0 Å². The lowest BCUT2D eigenvalue weighted by Gasteiger charge is -2.15. The van der Waals surface area contributed by atoms with E-state index < -0.39 is 0 Å². The van der Waals surface area contributed by atoms with Gasteiger partial charge in [-0.05, 0) is 37.3 Å². The van der Waals surface area contributed by atoms with Gasteiger partial charge in [-0.2, -0.15) is 0 Å². The van der Waals surface area contributed by atoms with Gasteiger partial charge in [-0.3, -0.25) is 4.79 Å². The van der Waals surface area contributed by atoms with E-state index in [9.17, 15) is 4.79 Å². The van der Waals surface area contributed by atoms with Crippen LogP contribution in [0.5, 0.6) is 0 Å². The van der Waals surface area contributed by atoms with Crippen LogP contribution in [0.2, 0.25) is 0 Å². The molecule has 15 heavy (non-hydrogen) atoms. The molecule has 0 unspecified atom stereocenters. The quantitative estimate of drug-likeness (QED) is 0.732. The lowest BCUT2D eigenvalue weighted by molar-refractivity contribution is 0.101. The number of halogens is 1. The van der Waals surface area contributed by atoms with Crippen molar-refractivity contribution in [3.8, 4) is 0 Å². The Morgan fingerprint density at radius 3 is 2.33 bits per heavy atom. The Hall–Kier alpha value is -0.630. The number of Topliss-reactive ketones (excluding diaryl/α,β-unsaturated/α-hetero) is 1. The second-order valence-corrected chi connectivity index (χ2v) is 4.66. The first-order valence-corrected chi connectivity index (χ1v) is 6.19. The summed E-state index contributed by atoms with van der Waals surface area (Å²) in [7, 11) is 0. The monoisotopic (exact) mass is 268 g/mol. The molecule has 0 bridgehead atoms. The van der Waals surface area contributed by atoms with E-state index in [0.29, 0.717) is 5.92 Å². The predicted molar refractivity (Wildman–Crippen MR) is 67.5 cm³/mol. The molecule has 1 rings (SSSR count). The minimum absolute atomic E-state index is 0.117. The van der Waals surface area contributed by atoms with Crippen LogP contribution in [0.15, 0.2) is 22.7 Å². The fraction of sp³-hybridized carbons (Fsp3) is 0.462. The smallest absolute Gasteiger partial charge is 0.159 e. The highest BCUT2D eigenvalue weighted by Crippen LogP contribution is 2.30. The maximum absolute atomic E-state index is 11.2. The van der Waals surface area contributed by atoms with E-state index in [1.807, 2.05) is 12.1 Å². The number of rotatable bonds is 4. The number of benzene rings is 1. The minimum Gasteiger partial charge on any atom is -0.295 e. The van der Waals surface area contributed by atoms with E-state index in [-0.39, 0.29) is 5.78 Å². The van der Waals surface area contributed by atoms with E-state index in [0.717, 1.165) is 22.9 Å². The van der Waals surface area contributed by atoms with Gasteiger partial charge in [0.15, 0.2) is 5.78 Å². The third-order valence-electron chi connectivity index (χ3n) is 2.83. The molecule has 1 nitrogen and oxygen atoms in total. The maximum Gasteiger partial charge on any atom is 0.159 e. The molecule has 1 aromatic carbocycles. The summed E-state index contributed by atoms with van der Waals surface area (Å²) in [5, 5.41) is 0. The number of carbonyl (C=O) groups excluding carboxylic acids is 1. The lowest BCUT2D eigenvalue weighted by Crippen LogP contribution is -1.99. The third-order valence-corrected chi connectivity index (χ3v) is 3.52. The standard InChI is InChI=1S/C13H17BrO/c1-4-10(5-2)12-7-6-11(9(3)15)8-13(12)14/h6-8,10H,4-5H2,1-3H3. The summed E-state index contributed by atoms with van der Waals surface area (Å²) < 4.78 is 1.06. The van der Waals surface area contributed by atoms with Gasteiger partial charge in [-0.15, -0.1) is 0 Å². The van der Waals surface area contributed by atoms with Crippen molar-refractivity contribution in [3.05, 3.63) is 33.8 Å². The van der Waals surface area contributed by atoms with Crippen molar-refractivity contribution in [3.63, 3.8) is 0 Å². The summed E-state index contributed by atoms with van der Waals surface area (Å²) >= 11 is 3.55. The molecule has 2 heteroatoms. The number of hydrogen-bond acceptors (Lipinski definition) is 1. The van der Waals surface area contributed by atoms with Crippen molar-refractivity contribution in [1.29, 1.82) is 0 Å². The first kappa shape index (κ1) is 12.4. The zero-order chi connectivity index (χ0) is 11.4. The van der Waals surface area contributed by atoms with Gasteiger partial charge in [-0.25, -0.2) is 0 Å². The topological polar surface area (TPSA) is 17.1 Å². The maximum atomic E-state index is 11.2. The molecule has 0 radical (unpaired) electrons. The van der Waals surface area contributed by atoms with Crippen LogP contribution in [0.3, 0.4) is 0 Å². The number of hydrogen-bond donors (Lipinski definition) is 0. The van der Waals surface area contributed by atoms with Gasteiger partial charge in [0.25, 0.3) is 0 Å². The first-order chi connectivity index (χ1) is 7.10. The molecule has 0 aliphatic rings. The molecule has 82 valence electrons. The van der Waals surface area contributed by atoms with Crippen LogP contribution in [-0.4, -0.2) is 5.78 Å². The molecule has 0 saturated carbocycles. The molecular weight excluding hydrogens is 252 g/mol. The van der Waals surface area contributed by atoms with Gasteiger partial charge in [0.2, 0.25) is 0 Å². The Morgan fingerprint density at radius 1 is 1.33 bits per heavy atom. The summed E-state index contributed by atoms with van der Waals surface area (Å²) in [6.45, 7) is 5.98. The SMILES string of the molecule is CCC(CC)c1ccc(C(C)=O)cc1Br. The summed E-state index contributed by atoms with van der Waals surface area (Å²) in [6, 6.07) is 5.91. The molecule has 0 fully saturated rings. The Labute approximate surface area is 100 Å². The second-order valence-electron chi connectivity index (χ2n) is 3.81. The van der Waals surface area contributed by atoms with Gasteiger partial charge in [0.1, 0.15) is 0 Å². The largest absolute Gasteiger partial charge is 0.295 e. The molecule has 1 aromatic rings. The fourth-order valence-electron chi connectivity index (χ4n) is 1.81. The lowest BCUT2D eigenvalue weighted by atomic mass is 9.93. The van der Waals surface area contributed by atoms with Crippen molar-refractivity contribution in [1.82, 2.24) is 0 Å². The molecule has 0 amide bonds. The average Bonchev–Trinajstić information content (AvgIpc) is 2.21. The summed E-state index contributed by atoms with van der Waals surface area (Å²) in [5.74, 6) is 0.701. The first-order valence-electron chi connectivity index (χ1n) is 5.40. The van der Waals surface area contributed by atoms with Gasteiger partial charge >= 0.3 is 0 Å². The zero-order valence-corrected chi connectivity index (χ0v) is 11.1.